The maximum atomic E-state index is 11.6. The molecule has 1 aliphatic heterocycles. The molecule has 58 heavy (non-hydrogen) atoms. The second kappa shape index (κ2) is 16.5. The van der Waals surface area contributed by atoms with E-state index in [1.807, 2.05) is 84.4 Å². The van der Waals surface area contributed by atoms with E-state index in [0.717, 1.165) is 58.5 Å². The highest BCUT2D eigenvalue weighted by atomic mass is 79.9. The van der Waals surface area contributed by atoms with Crippen molar-refractivity contribution in [2.75, 3.05) is 0 Å². The Hall–Kier alpha value is -5.26. The van der Waals surface area contributed by atoms with Crippen molar-refractivity contribution in [2.45, 2.75) is 66.6 Å². The molecule has 0 bridgehead atoms. The summed E-state index contributed by atoms with van der Waals surface area (Å²) in [4.78, 5) is 41.8. The first-order chi connectivity index (χ1) is 27.6. The average molecular weight is 876 g/mol. The summed E-state index contributed by atoms with van der Waals surface area (Å²) in [5.74, 6) is -0.0532. The van der Waals surface area contributed by atoms with Gasteiger partial charge in [0, 0.05) is 52.3 Å². The molecule has 7 heterocycles. The molecule has 0 saturated carbocycles. The number of hydrogen-bond donors (Lipinski definition) is 0. The van der Waals surface area contributed by atoms with Gasteiger partial charge in [-0.15, -0.1) is 22.7 Å². The molecule has 9 rings (SSSR count). The third-order valence-corrected chi connectivity index (χ3v) is 12.0. The highest BCUT2D eigenvalue weighted by Crippen LogP contribution is 2.37. The van der Waals surface area contributed by atoms with Crippen molar-refractivity contribution in [1.29, 1.82) is 0 Å². The van der Waals surface area contributed by atoms with Gasteiger partial charge in [0.2, 0.25) is 10.3 Å². The lowest BCUT2D eigenvalue weighted by molar-refractivity contribution is 0.00578. The summed E-state index contributed by atoms with van der Waals surface area (Å²) in [7, 11) is -0.374. The summed E-state index contributed by atoms with van der Waals surface area (Å²) in [6.45, 7) is 15.3. The zero-order valence-corrected chi connectivity index (χ0v) is 36.4. The number of carbonyl (C=O) groups is 2. The van der Waals surface area contributed by atoms with Crippen LogP contribution in [0.3, 0.4) is 0 Å². The topological polar surface area (TPSA) is 140 Å². The van der Waals surface area contributed by atoms with E-state index >= 15 is 0 Å². The Labute approximate surface area is 352 Å². The van der Waals surface area contributed by atoms with Crippen molar-refractivity contribution in [3.05, 3.63) is 123 Å². The fraction of sp³-hybridized carbons (Fsp3) is 0.238. The van der Waals surface area contributed by atoms with Gasteiger partial charge in [0.1, 0.15) is 16.0 Å². The number of ketones is 2. The maximum Gasteiger partial charge on any atom is 0.494 e. The van der Waals surface area contributed by atoms with Gasteiger partial charge in [-0.25, -0.2) is 29.3 Å². The predicted molar refractivity (Wildman–Crippen MR) is 234 cm³/mol. The van der Waals surface area contributed by atoms with Gasteiger partial charge in [0.05, 0.1) is 40.3 Å². The van der Waals surface area contributed by atoms with E-state index in [9.17, 15) is 9.59 Å². The molecule has 12 nitrogen and oxygen atoms in total. The fourth-order valence-corrected chi connectivity index (χ4v) is 7.73. The highest BCUT2D eigenvalue weighted by Gasteiger charge is 2.51. The van der Waals surface area contributed by atoms with Crippen LogP contribution in [0.25, 0.3) is 43.3 Å². The lowest BCUT2D eigenvalue weighted by Crippen LogP contribution is -2.41. The number of fused-ring (bicyclic) bond motifs is 2. The van der Waals surface area contributed by atoms with Crippen LogP contribution in [-0.4, -0.2) is 69.4 Å². The smallest absolute Gasteiger partial charge is 0.399 e. The quantitative estimate of drug-likeness (QED) is 0.0903. The molecule has 1 saturated heterocycles. The van der Waals surface area contributed by atoms with Crippen LogP contribution < -0.4 is 5.46 Å². The summed E-state index contributed by atoms with van der Waals surface area (Å²) in [6.07, 6.45) is 7.40. The summed E-state index contributed by atoms with van der Waals surface area (Å²) >= 11 is 6.39. The van der Waals surface area contributed by atoms with Gasteiger partial charge in [0.15, 0.2) is 11.6 Å². The van der Waals surface area contributed by atoms with Crippen LogP contribution in [0, 0.1) is 13.8 Å². The van der Waals surface area contributed by atoms with E-state index in [0.29, 0.717) is 16.0 Å². The summed E-state index contributed by atoms with van der Waals surface area (Å²) in [5.41, 5.74) is 4.96. The van der Waals surface area contributed by atoms with Crippen molar-refractivity contribution in [1.82, 2.24) is 39.5 Å². The first-order valence-electron chi connectivity index (χ1n) is 18.4. The van der Waals surface area contributed by atoms with Crippen LogP contribution in [0.15, 0.2) is 102 Å². The second-order valence-corrected chi connectivity index (χ2v) is 17.9. The van der Waals surface area contributed by atoms with Gasteiger partial charge < -0.3 is 9.31 Å². The normalized spacial score (nSPS) is 14.2. The summed E-state index contributed by atoms with van der Waals surface area (Å²) < 4.78 is 16.7. The van der Waals surface area contributed by atoms with Crippen LogP contribution in [0.2, 0.25) is 0 Å². The van der Waals surface area contributed by atoms with Gasteiger partial charge in [-0.1, -0.05) is 36.4 Å². The summed E-state index contributed by atoms with van der Waals surface area (Å²) in [5, 5.41) is 12.8. The van der Waals surface area contributed by atoms with E-state index < -0.39 is 0 Å². The highest BCUT2D eigenvalue weighted by molar-refractivity contribution is 9.10. The molecule has 0 aliphatic carbocycles. The Bertz CT molecular complexity index is 2780. The number of rotatable bonds is 6. The van der Waals surface area contributed by atoms with Crippen molar-refractivity contribution < 1.29 is 18.9 Å². The van der Waals surface area contributed by atoms with E-state index in [1.54, 1.807) is 46.9 Å². The van der Waals surface area contributed by atoms with Crippen molar-refractivity contribution in [3.8, 4) is 21.5 Å². The molecular weight excluding hydrogens is 835 g/mol. The standard InChI is InChI=1S/C18H14N4OS.C17H20BN3O2S.C7H6BrNO/c1-11-9-19-18(24-11)22-17-8-13(6-7-14(17)10-20-22)16-5-3-4-15(21-16)12(2)23;1-11-9-19-15(24-11)21-14-8-13(7-6-12(14)10-20-21)18-22-16(2,3)17(4,5)23-18;1-5(10)6-3-2-4-7(8)9-6/h3-10H,1-2H3;6-10H,1-5H3;2-4H,1H3. The molecule has 294 valence electrons. The minimum atomic E-state index is -0.374. The van der Waals surface area contributed by atoms with Crippen LogP contribution in [-0.2, 0) is 9.31 Å². The molecule has 6 aromatic heterocycles. The minimum Gasteiger partial charge on any atom is -0.399 e. The van der Waals surface area contributed by atoms with Crippen molar-refractivity contribution >= 4 is 84.6 Å². The molecule has 8 aromatic rings. The van der Waals surface area contributed by atoms with Crippen LogP contribution >= 0.6 is 38.6 Å². The molecular formula is C42H40BBrN8O4S2. The zero-order chi connectivity index (χ0) is 41.4. The zero-order valence-electron chi connectivity index (χ0n) is 33.2. The van der Waals surface area contributed by atoms with Crippen LogP contribution in [0.5, 0.6) is 0 Å². The molecule has 0 spiro atoms. The van der Waals surface area contributed by atoms with E-state index in [2.05, 4.69) is 85.9 Å². The van der Waals surface area contributed by atoms with Gasteiger partial charge >= 0.3 is 7.12 Å². The number of thiazole rings is 2. The number of hydrogen-bond acceptors (Lipinski definition) is 12. The molecule has 0 unspecified atom stereocenters. The minimum absolute atomic E-state index is 0.0127. The lowest BCUT2D eigenvalue weighted by Gasteiger charge is -2.32. The van der Waals surface area contributed by atoms with E-state index in [4.69, 9.17) is 9.31 Å². The second-order valence-electron chi connectivity index (χ2n) is 14.7. The monoisotopic (exact) mass is 874 g/mol. The number of aryl methyl sites for hydroxylation is 2. The number of aromatic nitrogens is 8. The molecule has 2 aromatic carbocycles. The van der Waals surface area contributed by atoms with E-state index in [-0.39, 0.29) is 29.9 Å². The number of halogens is 1. The third kappa shape index (κ3) is 8.76. The first-order valence-corrected chi connectivity index (χ1v) is 20.8. The summed E-state index contributed by atoms with van der Waals surface area (Å²) in [6, 6.07) is 23.0. The maximum absolute atomic E-state index is 11.6. The number of pyridine rings is 2. The van der Waals surface area contributed by atoms with Gasteiger partial charge in [-0.05, 0) is 99.3 Å². The molecule has 1 fully saturated rings. The number of benzene rings is 2. The Kier molecular flexibility index (Phi) is 11.7. The van der Waals surface area contributed by atoms with Crippen molar-refractivity contribution in [2.24, 2.45) is 0 Å². The molecule has 0 N–H and O–H groups in total. The number of nitrogens with zero attached hydrogens (tertiary/aromatic N) is 8. The van der Waals surface area contributed by atoms with Gasteiger partial charge in [-0.3, -0.25) is 9.59 Å². The molecule has 16 heteroatoms. The fourth-order valence-electron chi connectivity index (χ4n) is 5.92. The largest absolute Gasteiger partial charge is 0.494 e. The number of Topliss-reactive ketones (excluding diaryl/α,β-unsaturated/α-hetero) is 2. The first kappa shape index (κ1) is 40.9. The average Bonchev–Trinajstić information content (AvgIpc) is 4.03. The van der Waals surface area contributed by atoms with Crippen molar-refractivity contribution in [3.63, 3.8) is 0 Å². The SMILES string of the molecule is CC(=O)c1cccc(-c2ccc3cnn(-c4ncc(C)s4)c3c2)n1.CC(=O)c1cccc(Br)n1.Cc1cnc(-n2ncc3ccc(B4OC(C)(C)C(C)(C)O4)cc32)s1. The molecule has 0 atom stereocenters. The van der Waals surface area contributed by atoms with Gasteiger partial charge in [0.25, 0.3) is 0 Å². The Morgan fingerprint density at radius 2 is 1.19 bits per heavy atom. The third-order valence-electron chi connectivity index (χ3n) is 9.75. The Morgan fingerprint density at radius 3 is 1.69 bits per heavy atom. The molecule has 1 aliphatic rings. The molecule has 0 amide bonds. The lowest BCUT2D eigenvalue weighted by atomic mass is 9.79. The molecule has 0 radical (unpaired) electrons. The Balaban J connectivity index is 0.000000144. The number of carbonyl (C=O) groups excluding carboxylic acids is 2. The van der Waals surface area contributed by atoms with Crippen LogP contribution in [0.4, 0.5) is 0 Å². The van der Waals surface area contributed by atoms with E-state index in [1.165, 1.54) is 13.8 Å². The van der Waals surface area contributed by atoms with Gasteiger partial charge in [-0.2, -0.15) is 10.2 Å². The van der Waals surface area contributed by atoms with Crippen LogP contribution in [0.1, 0.15) is 72.3 Å². The predicted octanol–water partition coefficient (Wildman–Crippen LogP) is 9.19. The Morgan fingerprint density at radius 1 is 0.672 bits per heavy atom.